The van der Waals surface area contributed by atoms with Crippen LogP contribution in [0.1, 0.15) is 36.1 Å². The highest BCUT2D eigenvalue weighted by molar-refractivity contribution is 5.91. The molecule has 2 aromatic carbocycles. The maximum atomic E-state index is 13.6. The van der Waals surface area contributed by atoms with Crippen molar-refractivity contribution in [3.8, 4) is 0 Å². The number of carbonyl (C=O) groups excluding carboxylic acids is 3. The van der Waals surface area contributed by atoms with Crippen LogP contribution in [-0.2, 0) is 22.7 Å². The van der Waals surface area contributed by atoms with E-state index in [2.05, 4.69) is 31.3 Å². The largest absolute Gasteiger partial charge is 0.334 e. The predicted octanol–water partition coefficient (Wildman–Crippen LogP) is 2.90. The Hall–Kier alpha value is -3.39. The van der Waals surface area contributed by atoms with E-state index >= 15 is 0 Å². The van der Waals surface area contributed by atoms with E-state index in [9.17, 15) is 14.4 Å². The molecule has 2 saturated heterocycles. The summed E-state index contributed by atoms with van der Waals surface area (Å²) in [6.07, 6.45) is -0.575. The number of nitrogens with one attached hydrogen (secondary N) is 1. The Labute approximate surface area is 207 Å². The van der Waals surface area contributed by atoms with Crippen LogP contribution in [0.15, 0.2) is 48.5 Å². The first kappa shape index (κ1) is 24.7. The summed E-state index contributed by atoms with van der Waals surface area (Å²) in [5, 5.41) is 6.24. The van der Waals surface area contributed by atoms with E-state index < -0.39 is 12.2 Å². The number of nitrogens with zero attached hydrogens (tertiary/aromatic N) is 4. The summed E-state index contributed by atoms with van der Waals surface area (Å²) in [7, 11) is 1.74. The first-order chi connectivity index (χ1) is 16.7. The first-order valence-corrected chi connectivity index (χ1v) is 12.2. The van der Waals surface area contributed by atoms with E-state index in [-0.39, 0.29) is 36.9 Å². The molecule has 2 aromatic rings. The van der Waals surface area contributed by atoms with Gasteiger partial charge in [-0.25, -0.2) is 14.8 Å². The van der Waals surface area contributed by atoms with Gasteiger partial charge in [0.05, 0.1) is 13.1 Å². The van der Waals surface area contributed by atoms with Gasteiger partial charge in [-0.1, -0.05) is 62.4 Å². The molecule has 2 aliphatic rings. The fourth-order valence-corrected chi connectivity index (χ4v) is 4.98. The van der Waals surface area contributed by atoms with Crippen molar-refractivity contribution in [1.82, 2.24) is 25.1 Å². The smallest absolute Gasteiger partial charge is 0.333 e. The van der Waals surface area contributed by atoms with Gasteiger partial charge in [0, 0.05) is 20.1 Å². The van der Waals surface area contributed by atoms with E-state index in [1.807, 2.05) is 50.2 Å². The Morgan fingerprint density at radius 1 is 1.03 bits per heavy atom. The quantitative estimate of drug-likeness (QED) is 0.719. The molecule has 1 N–H and O–H groups in total. The summed E-state index contributed by atoms with van der Waals surface area (Å²) in [6, 6.07) is 15.0. The summed E-state index contributed by atoms with van der Waals surface area (Å²) in [5.74, 6) is -0.298. The molecule has 4 rings (SSSR count). The third-order valence-corrected chi connectivity index (χ3v) is 6.94. The molecule has 35 heavy (non-hydrogen) atoms. The predicted molar refractivity (Wildman–Crippen MR) is 134 cm³/mol. The topological polar surface area (TPSA) is 76.2 Å². The number of hydrogen-bond donors (Lipinski definition) is 1. The Kier molecular flexibility index (Phi) is 7.12. The summed E-state index contributed by atoms with van der Waals surface area (Å²) < 4.78 is 0. The molecule has 0 spiro atoms. The monoisotopic (exact) mass is 477 g/mol. The molecule has 2 fully saturated rings. The van der Waals surface area contributed by atoms with Crippen LogP contribution in [0.2, 0.25) is 0 Å². The number of fused-ring (bicyclic) bond motifs is 1. The number of hydrazine groups is 1. The molecule has 0 aromatic heterocycles. The fraction of sp³-hybridized carbons (Fsp3) is 0.444. The lowest BCUT2D eigenvalue weighted by Crippen LogP contribution is -2.76. The highest BCUT2D eigenvalue weighted by Gasteiger charge is 2.51. The number of benzene rings is 2. The summed E-state index contributed by atoms with van der Waals surface area (Å²) in [6.45, 7) is 9.13. The molecule has 2 heterocycles. The number of carbonyl (C=O) groups is 3. The third-order valence-electron chi connectivity index (χ3n) is 6.94. The highest BCUT2D eigenvalue weighted by Crippen LogP contribution is 2.30. The molecule has 2 atom stereocenters. The molecule has 0 bridgehead atoms. The molecule has 0 aliphatic carbocycles. The second-order valence-corrected chi connectivity index (χ2v) is 9.91. The van der Waals surface area contributed by atoms with Crippen molar-refractivity contribution in [1.29, 1.82) is 0 Å². The number of likely N-dealkylation sites (N-methyl/N-ethyl adjacent to an activating group) is 1. The van der Waals surface area contributed by atoms with Crippen LogP contribution in [0.25, 0.3) is 0 Å². The van der Waals surface area contributed by atoms with Crippen LogP contribution in [0.5, 0.6) is 0 Å². The summed E-state index contributed by atoms with van der Waals surface area (Å²) in [5.41, 5.74) is 4.39. The lowest BCUT2D eigenvalue weighted by atomic mass is 9.95. The van der Waals surface area contributed by atoms with Crippen molar-refractivity contribution in [2.75, 3.05) is 20.1 Å². The second-order valence-electron chi connectivity index (χ2n) is 9.91. The lowest BCUT2D eigenvalue weighted by molar-refractivity contribution is -0.190. The Morgan fingerprint density at radius 2 is 1.74 bits per heavy atom. The highest BCUT2D eigenvalue weighted by atomic mass is 16.2. The SMILES string of the molecule is Cc1ccc(CN2C[C@H]3N(C(=O)CN(C)N3C(=O)NCc3ccccc3)[C@@H](C(C)C)C2=O)cc1C. The Balaban J connectivity index is 1.61. The molecule has 0 saturated carbocycles. The van der Waals surface area contributed by atoms with Gasteiger partial charge in [-0.3, -0.25) is 9.59 Å². The van der Waals surface area contributed by atoms with E-state index in [0.717, 1.165) is 11.1 Å². The zero-order chi connectivity index (χ0) is 25.3. The Bertz CT molecular complexity index is 1100. The van der Waals surface area contributed by atoms with Gasteiger partial charge in [0.25, 0.3) is 0 Å². The zero-order valence-corrected chi connectivity index (χ0v) is 21.2. The number of urea groups is 1. The number of amides is 4. The van der Waals surface area contributed by atoms with Gasteiger partial charge in [0.2, 0.25) is 11.8 Å². The van der Waals surface area contributed by atoms with E-state index in [0.29, 0.717) is 13.1 Å². The van der Waals surface area contributed by atoms with E-state index in [4.69, 9.17) is 0 Å². The van der Waals surface area contributed by atoms with Crippen LogP contribution in [0.3, 0.4) is 0 Å². The molecule has 8 nitrogen and oxygen atoms in total. The minimum atomic E-state index is -0.620. The van der Waals surface area contributed by atoms with Crippen molar-refractivity contribution < 1.29 is 14.4 Å². The molecule has 8 heteroatoms. The van der Waals surface area contributed by atoms with Gasteiger partial charge in [0.1, 0.15) is 12.2 Å². The third kappa shape index (κ3) is 5.03. The minimum Gasteiger partial charge on any atom is -0.333 e. The second kappa shape index (κ2) is 10.1. The molecule has 186 valence electrons. The van der Waals surface area contributed by atoms with Gasteiger partial charge >= 0.3 is 6.03 Å². The van der Waals surface area contributed by atoms with Crippen molar-refractivity contribution in [3.63, 3.8) is 0 Å². The Morgan fingerprint density at radius 3 is 2.40 bits per heavy atom. The van der Waals surface area contributed by atoms with Gasteiger partial charge < -0.3 is 15.1 Å². The molecular formula is C27H35N5O3. The number of piperazine rings is 1. The van der Waals surface area contributed by atoms with Gasteiger partial charge in [-0.2, -0.15) is 0 Å². The maximum absolute atomic E-state index is 13.6. The first-order valence-electron chi connectivity index (χ1n) is 12.2. The van der Waals surface area contributed by atoms with Crippen LogP contribution in [0.4, 0.5) is 4.79 Å². The van der Waals surface area contributed by atoms with Crippen molar-refractivity contribution in [3.05, 3.63) is 70.8 Å². The molecular weight excluding hydrogens is 442 g/mol. The van der Waals surface area contributed by atoms with E-state index in [1.54, 1.807) is 26.9 Å². The fourth-order valence-electron chi connectivity index (χ4n) is 4.98. The van der Waals surface area contributed by atoms with Crippen LogP contribution in [-0.4, -0.2) is 70.0 Å². The number of rotatable bonds is 5. The molecule has 2 aliphatic heterocycles. The normalized spacial score (nSPS) is 20.9. The summed E-state index contributed by atoms with van der Waals surface area (Å²) in [4.78, 5) is 43.5. The van der Waals surface area contributed by atoms with Crippen LogP contribution < -0.4 is 5.32 Å². The van der Waals surface area contributed by atoms with Crippen molar-refractivity contribution in [2.24, 2.45) is 5.92 Å². The van der Waals surface area contributed by atoms with Gasteiger partial charge in [-0.15, -0.1) is 0 Å². The molecule has 0 unspecified atom stereocenters. The number of hydrogen-bond acceptors (Lipinski definition) is 4. The molecule has 4 amide bonds. The van der Waals surface area contributed by atoms with E-state index in [1.165, 1.54) is 11.1 Å². The molecule has 0 radical (unpaired) electrons. The van der Waals surface area contributed by atoms with Crippen LogP contribution >= 0.6 is 0 Å². The van der Waals surface area contributed by atoms with Gasteiger partial charge in [0.15, 0.2) is 0 Å². The minimum absolute atomic E-state index is 0.0446. The standard InChI is InChI=1S/C27H35N5O3/c1-18(2)25-26(34)30(15-22-12-11-19(3)20(4)13-22)16-23-31(25)24(33)17-29(5)32(23)27(35)28-14-21-9-7-6-8-10-21/h6-13,18,23,25H,14-17H2,1-5H3,(H,28,35)/t23-,25-/m0/s1. The van der Waals surface area contributed by atoms with Crippen LogP contribution in [0, 0.1) is 19.8 Å². The van der Waals surface area contributed by atoms with Gasteiger partial charge in [-0.05, 0) is 42.0 Å². The van der Waals surface area contributed by atoms with Crippen molar-refractivity contribution >= 4 is 17.8 Å². The maximum Gasteiger partial charge on any atom is 0.334 e. The average molecular weight is 478 g/mol. The summed E-state index contributed by atoms with van der Waals surface area (Å²) >= 11 is 0. The van der Waals surface area contributed by atoms with Crippen molar-refractivity contribution in [2.45, 2.75) is 53.0 Å². The zero-order valence-electron chi connectivity index (χ0n) is 21.2. The average Bonchev–Trinajstić information content (AvgIpc) is 2.81. The number of aryl methyl sites for hydroxylation is 2. The lowest BCUT2D eigenvalue weighted by Gasteiger charge is -2.55.